The van der Waals surface area contributed by atoms with Gasteiger partial charge in [-0.15, -0.1) is 0 Å². The molecule has 38 heavy (non-hydrogen) atoms. The van der Waals surface area contributed by atoms with Gasteiger partial charge in [0.1, 0.15) is 11.6 Å². The van der Waals surface area contributed by atoms with E-state index in [-0.39, 0.29) is 12.3 Å². The van der Waals surface area contributed by atoms with Gasteiger partial charge in [-0.25, -0.2) is 14.4 Å². The lowest BCUT2D eigenvalue weighted by molar-refractivity contribution is -0.131. The van der Waals surface area contributed by atoms with Crippen molar-refractivity contribution >= 4 is 23.5 Å². The number of nitrogens with zero attached hydrogens (tertiary/aromatic N) is 5. The smallest absolute Gasteiger partial charge is 0.227 e. The molecule has 0 bridgehead atoms. The molecule has 0 unspecified atom stereocenters. The number of hydrogen-bond acceptors (Lipinski definition) is 6. The van der Waals surface area contributed by atoms with Crippen molar-refractivity contribution in [2.75, 3.05) is 24.6 Å². The van der Waals surface area contributed by atoms with Crippen molar-refractivity contribution in [1.29, 1.82) is 0 Å². The number of benzene rings is 1. The van der Waals surface area contributed by atoms with Crippen LogP contribution in [0.4, 0.5) is 10.3 Å². The Labute approximate surface area is 227 Å². The van der Waals surface area contributed by atoms with Gasteiger partial charge in [0.2, 0.25) is 11.9 Å². The topological polar surface area (TPSA) is 71.5 Å². The number of pyridine rings is 1. The van der Waals surface area contributed by atoms with Crippen molar-refractivity contribution in [2.45, 2.75) is 45.2 Å². The van der Waals surface area contributed by atoms with Gasteiger partial charge in [0.25, 0.3) is 0 Å². The van der Waals surface area contributed by atoms with E-state index in [9.17, 15) is 9.18 Å². The molecule has 4 heterocycles. The van der Waals surface area contributed by atoms with Gasteiger partial charge in [0.15, 0.2) is 0 Å². The number of anilines is 1. The van der Waals surface area contributed by atoms with Crippen LogP contribution < -0.4 is 9.64 Å². The minimum Gasteiger partial charge on any atom is -0.493 e. The Morgan fingerprint density at radius 1 is 1.11 bits per heavy atom. The average Bonchev–Trinajstić information content (AvgIpc) is 3.57. The Hall–Kier alpha value is -3.26. The molecule has 3 aromatic rings. The second kappa shape index (κ2) is 10.8. The number of rotatable bonds is 8. The highest BCUT2D eigenvalue weighted by molar-refractivity contribution is 6.30. The van der Waals surface area contributed by atoms with Gasteiger partial charge < -0.3 is 14.5 Å². The molecule has 2 fully saturated rings. The zero-order valence-electron chi connectivity index (χ0n) is 21.2. The Kier molecular flexibility index (Phi) is 7.15. The van der Waals surface area contributed by atoms with Crippen molar-refractivity contribution in [3.05, 3.63) is 76.6 Å². The molecular formula is C29H31ClFN5O2. The first kappa shape index (κ1) is 25.0. The first-order valence-corrected chi connectivity index (χ1v) is 13.8. The average molecular weight is 536 g/mol. The summed E-state index contributed by atoms with van der Waals surface area (Å²) in [7, 11) is 0. The van der Waals surface area contributed by atoms with Gasteiger partial charge >= 0.3 is 0 Å². The molecule has 1 aromatic carbocycles. The molecule has 1 saturated heterocycles. The summed E-state index contributed by atoms with van der Waals surface area (Å²) in [6, 6.07) is 8.69. The predicted octanol–water partition coefficient (Wildman–Crippen LogP) is 5.07. The second-order valence-corrected chi connectivity index (χ2v) is 11.0. The molecule has 2 aliphatic heterocycles. The van der Waals surface area contributed by atoms with Gasteiger partial charge in [-0.3, -0.25) is 9.78 Å². The number of fused-ring (bicyclic) bond motifs is 1. The van der Waals surface area contributed by atoms with Crippen LogP contribution in [-0.4, -0.2) is 45.5 Å². The Bertz CT molecular complexity index is 1270. The van der Waals surface area contributed by atoms with E-state index in [0.717, 1.165) is 61.4 Å². The SMILES string of the molecule is O=C(Cc1ccc(OCC[C@@H]2C[C@@H]2C2CCN(c3ncc(Cl)cn3)CC2)cc1F)N1Cc2cccnc2C1. The number of ether oxygens (including phenoxy) is 1. The molecule has 0 radical (unpaired) electrons. The van der Waals surface area contributed by atoms with E-state index >= 15 is 0 Å². The van der Waals surface area contributed by atoms with Crippen LogP contribution in [0.2, 0.25) is 5.02 Å². The van der Waals surface area contributed by atoms with E-state index in [0.29, 0.717) is 41.9 Å². The number of piperidine rings is 1. The molecule has 0 spiro atoms. The molecular weight excluding hydrogens is 505 g/mol. The van der Waals surface area contributed by atoms with Crippen LogP contribution in [0.15, 0.2) is 48.9 Å². The first-order chi connectivity index (χ1) is 18.5. The number of aromatic nitrogens is 3. The number of carbonyl (C=O) groups is 1. The zero-order valence-corrected chi connectivity index (χ0v) is 22.0. The van der Waals surface area contributed by atoms with E-state index < -0.39 is 5.82 Å². The van der Waals surface area contributed by atoms with Crippen LogP contribution in [0.3, 0.4) is 0 Å². The lowest BCUT2D eigenvalue weighted by atomic mass is 9.90. The van der Waals surface area contributed by atoms with Crippen LogP contribution in [0.1, 0.15) is 42.5 Å². The molecule has 1 amide bonds. The van der Waals surface area contributed by atoms with E-state index in [1.165, 1.54) is 12.5 Å². The molecule has 6 rings (SSSR count). The van der Waals surface area contributed by atoms with Crippen molar-refractivity contribution < 1.29 is 13.9 Å². The number of halogens is 2. The zero-order chi connectivity index (χ0) is 26.1. The third kappa shape index (κ3) is 5.60. The highest BCUT2D eigenvalue weighted by Crippen LogP contribution is 2.49. The van der Waals surface area contributed by atoms with Crippen LogP contribution in [0, 0.1) is 23.6 Å². The molecule has 7 nitrogen and oxygen atoms in total. The Morgan fingerprint density at radius 3 is 2.68 bits per heavy atom. The fourth-order valence-corrected chi connectivity index (χ4v) is 6.01. The fraction of sp³-hybridized carbons (Fsp3) is 0.448. The van der Waals surface area contributed by atoms with Crippen molar-refractivity contribution in [3.63, 3.8) is 0 Å². The molecule has 198 valence electrons. The van der Waals surface area contributed by atoms with Gasteiger partial charge in [0.05, 0.1) is 42.7 Å². The van der Waals surface area contributed by atoms with Gasteiger partial charge in [0, 0.05) is 31.9 Å². The third-order valence-electron chi connectivity index (χ3n) is 8.17. The summed E-state index contributed by atoms with van der Waals surface area (Å²) in [6.07, 6.45) is 9.60. The summed E-state index contributed by atoms with van der Waals surface area (Å²) in [5, 5.41) is 0.558. The normalized spacial score (nSPS) is 20.9. The number of carbonyl (C=O) groups excluding carboxylic acids is 1. The van der Waals surface area contributed by atoms with Crippen LogP contribution in [-0.2, 0) is 24.3 Å². The molecule has 2 aromatic heterocycles. The molecule has 3 aliphatic rings. The maximum Gasteiger partial charge on any atom is 0.227 e. The third-order valence-corrected chi connectivity index (χ3v) is 8.37. The monoisotopic (exact) mass is 535 g/mol. The molecule has 0 N–H and O–H groups in total. The maximum absolute atomic E-state index is 14.8. The standard InChI is InChI=1S/C29H31ClFN5O2/c30-23-15-33-29(34-16-23)35-9-5-19(6-10-35)25-12-20(25)7-11-38-24-4-3-21(26(31)14-24)13-28(37)36-17-22-2-1-8-32-27(22)18-36/h1-4,8,14-16,19-20,25H,5-7,9-13,17-18H2/t20-,25-/m1/s1. The highest BCUT2D eigenvalue weighted by Gasteiger charge is 2.43. The lowest BCUT2D eigenvalue weighted by Crippen LogP contribution is -2.35. The maximum atomic E-state index is 14.8. The van der Waals surface area contributed by atoms with E-state index in [1.807, 2.05) is 12.1 Å². The molecule has 1 saturated carbocycles. The van der Waals surface area contributed by atoms with E-state index in [1.54, 1.807) is 35.6 Å². The minimum absolute atomic E-state index is 0.0345. The van der Waals surface area contributed by atoms with E-state index in [4.69, 9.17) is 16.3 Å². The number of hydrogen-bond donors (Lipinski definition) is 0. The van der Waals surface area contributed by atoms with Crippen molar-refractivity contribution in [2.24, 2.45) is 17.8 Å². The van der Waals surface area contributed by atoms with Crippen LogP contribution in [0.5, 0.6) is 5.75 Å². The summed E-state index contributed by atoms with van der Waals surface area (Å²) >= 11 is 5.90. The highest BCUT2D eigenvalue weighted by atomic mass is 35.5. The molecule has 2 atom stereocenters. The Morgan fingerprint density at radius 2 is 1.92 bits per heavy atom. The van der Waals surface area contributed by atoms with Gasteiger partial charge in [-0.05, 0) is 66.7 Å². The Balaban J connectivity index is 0.922. The second-order valence-electron chi connectivity index (χ2n) is 10.6. The molecule has 1 aliphatic carbocycles. The summed E-state index contributed by atoms with van der Waals surface area (Å²) in [4.78, 5) is 29.7. The summed E-state index contributed by atoms with van der Waals surface area (Å²) in [5.74, 6) is 2.95. The summed E-state index contributed by atoms with van der Waals surface area (Å²) < 4.78 is 20.6. The minimum atomic E-state index is -0.397. The van der Waals surface area contributed by atoms with Crippen molar-refractivity contribution in [1.82, 2.24) is 19.9 Å². The van der Waals surface area contributed by atoms with Gasteiger partial charge in [-0.2, -0.15) is 0 Å². The van der Waals surface area contributed by atoms with E-state index in [2.05, 4.69) is 19.9 Å². The quantitative estimate of drug-likeness (QED) is 0.401. The van der Waals surface area contributed by atoms with Crippen LogP contribution in [0.25, 0.3) is 0 Å². The van der Waals surface area contributed by atoms with Crippen molar-refractivity contribution in [3.8, 4) is 5.75 Å². The van der Waals surface area contributed by atoms with Gasteiger partial charge in [-0.1, -0.05) is 23.7 Å². The molecule has 9 heteroatoms. The fourth-order valence-electron chi connectivity index (χ4n) is 5.92. The predicted molar refractivity (Wildman–Crippen MR) is 142 cm³/mol. The van der Waals surface area contributed by atoms with Crippen LogP contribution >= 0.6 is 11.6 Å². The largest absolute Gasteiger partial charge is 0.493 e. The summed E-state index contributed by atoms with van der Waals surface area (Å²) in [5.41, 5.74) is 2.37. The number of amides is 1. The summed E-state index contributed by atoms with van der Waals surface area (Å²) in [6.45, 7) is 3.54. The first-order valence-electron chi connectivity index (χ1n) is 13.4. The lowest BCUT2D eigenvalue weighted by Gasteiger charge is -2.32.